The van der Waals surface area contributed by atoms with Crippen LogP contribution in [0.2, 0.25) is 0 Å². The van der Waals surface area contributed by atoms with Gasteiger partial charge in [-0.3, -0.25) is 24.7 Å². The van der Waals surface area contributed by atoms with Crippen LogP contribution in [-0.4, -0.2) is 48.5 Å². The van der Waals surface area contributed by atoms with Crippen LogP contribution in [0.25, 0.3) is 0 Å². The molecule has 0 N–H and O–H groups in total. The van der Waals surface area contributed by atoms with Crippen molar-refractivity contribution < 1.29 is 33.5 Å². The predicted octanol–water partition coefficient (Wildman–Crippen LogP) is 3.23. The lowest BCUT2D eigenvalue weighted by Gasteiger charge is -2.34. The maximum absolute atomic E-state index is 13.3. The quantitative estimate of drug-likeness (QED) is 0.375. The first kappa shape index (κ1) is 21.6. The van der Waals surface area contributed by atoms with Crippen LogP contribution in [0.4, 0.5) is 5.69 Å². The lowest BCUT2D eigenvalue weighted by Crippen LogP contribution is -2.38. The molecule has 0 saturated carbocycles. The number of ether oxygens (including phenoxy) is 4. The summed E-state index contributed by atoms with van der Waals surface area (Å²) in [5.74, 6) is -1.99. The van der Waals surface area contributed by atoms with Crippen LogP contribution >= 0.6 is 0 Å². The highest BCUT2D eigenvalue weighted by Gasteiger charge is 2.46. The Balaban J connectivity index is 1.59. The van der Waals surface area contributed by atoms with Crippen LogP contribution in [0.1, 0.15) is 50.5 Å². The van der Waals surface area contributed by atoms with Crippen molar-refractivity contribution in [3.05, 3.63) is 39.1 Å². The van der Waals surface area contributed by atoms with E-state index in [0.717, 1.165) is 12.8 Å². The second-order valence-electron chi connectivity index (χ2n) is 8.63. The summed E-state index contributed by atoms with van der Waals surface area (Å²) in [5.41, 5.74) is 1.40. The molecule has 10 heteroatoms. The van der Waals surface area contributed by atoms with Gasteiger partial charge in [0.2, 0.25) is 6.79 Å². The summed E-state index contributed by atoms with van der Waals surface area (Å²) < 4.78 is 21.9. The van der Waals surface area contributed by atoms with Gasteiger partial charge in [-0.1, -0.05) is 0 Å². The van der Waals surface area contributed by atoms with E-state index in [4.69, 9.17) is 18.9 Å². The second kappa shape index (κ2) is 8.58. The van der Waals surface area contributed by atoms with Crippen LogP contribution in [0.15, 0.2) is 28.4 Å². The Morgan fingerprint density at radius 1 is 1.24 bits per heavy atom. The zero-order valence-electron chi connectivity index (χ0n) is 18.2. The molecule has 3 aliphatic heterocycles. The van der Waals surface area contributed by atoms with E-state index in [1.54, 1.807) is 6.92 Å². The number of allylic oxidation sites excluding steroid dienone is 2. The number of nitro benzene ring substituents is 1. The van der Waals surface area contributed by atoms with E-state index in [2.05, 4.69) is 4.99 Å². The number of nitrogens with zero attached hydrogens (tertiary/aromatic N) is 2. The van der Waals surface area contributed by atoms with Gasteiger partial charge in [-0.05, 0) is 38.7 Å². The zero-order valence-corrected chi connectivity index (χ0v) is 18.2. The summed E-state index contributed by atoms with van der Waals surface area (Å²) in [6, 6.07) is 2.80. The van der Waals surface area contributed by atoms with Gasteiger partial charge < -0.3 is 18.9 Å². The predicted molar refractivity (Wildman–Crippen MR) is 114 cm³/mol. The van der Waals surface area contributed by atoms with E-state index in [9.17, 15) is 19.7 Å². The number of carbonyl (C=O) groups excluding carboxylic acids is 2. The summed E-state index contributed by atoms with van der Waals surface area (Å²) in [4.78, 5) is 42.4. The average Bonchev–Trinajstić information content (AvgIpc) is 3.47. The number of rotatable bonds is 5. The summed E-state index contributed by atoms with van der Waals surface area (Å²) in [6.45, 7) is 2.37. The first-order valence-electron chi connectivity index (χ1n) is 11.1. The first-order valence-corrected chi connectivity index (χ1v) is 11.1. The number of aliphatic imine (C=N–C) groups is 1. The molecule has 1 aliphatic carbocycles. The first-order chi connectivity index (χ1) is 15.9. The molecule has 0 bridgehead atoms. The van der Waals surface area contributed by atoms with Gasteiger partial charge in [0, 0.05) is 41.5 Å². The summed E-state index contributed by atoms with van der Waals surface area (Å²) >= 11 is 0. The van der Waals surface area contributed by atoms with Gasteiger partial charge in [-0.15, -0.1) is 0 Å². The Morgan fingerprint density at radius 3 is 2.76 bits per heavy atom. The topological polar surface area (TPSA) is 127 Å². The standard InChI is InChI=1S/C23H24N2O8/c1-12-20(23(27)31-10-13-4-3-7-30-13)21(22-15(24-12)5-2-6-17(22)26)14-8-18-19(33-11-32-18)9-16(14)25(28)29/h8-9,13,20-21H,2-7,10-11H2,1H3/t13-,20?,21+/m0/s1. The highest BCUT2D eigenvalue weighted by molar-refractivity contribution is 6.09. The molecule has 1 unspecified atom stereocenters. The number of nitro groups is 1. The molecule has 0 radical (unpaired) electrons. The summed E-state index contributed by atoms with van der Waals surface area (Å²) in [6.07, 6.45) is 3.07. The van der Waals surface area contributed by atoms with E-state index in [1.807, 2.05) is 0 Å². The Labute approximate surface area is 189 Å². The molecule has 0 spiro atoms. The Hall–Kier alpha value is -3.27. The fraction of sp³-hybridized carbons (Fsp3) is 0.522. The highest BCUT2D eigenvalue weighted by Crippen LogP contribution is 2.49. The Kier molecular flexibility index (Phi) is 5.61. The number of fused-ring (bicyclic) bond motifs is 1. The van der Waals surface area contributed by atoms with Gasteiger partial charge in [0.25, 0.3) is 5.69 Å². The molecular formula is C23H24N2O8. The molecule has 174 valence electrons. The van der Waals surface area contributed by atoms with E-state index in [1.165, 1.54) is 12.1 Å². The Morgan fingerprint density at radius 2 is 2.03 bits per heavy atom. The third-order valence-corrected chi connectivity index (χ3v) is 6.58. The van der Waals surface area contributed by atoms with Gasteiger partial charge in [-0.2, -0.15) is 0 Å². The molecule has 1 aromatic carbocycles. The largest absolute Gasteiger partial charge is 0.462 e. The van der Waals surface area contributed by atoms with Crippen molar-refractivity contribution >= 4 is 23.2 Å². The van der Waals surface area contributed by atoms with Crippen molar-refractivity contribution in [3.8, 4) is 11.5 Å². The van der Waals surface area contributed by atoms with Crippen LogP contribution in [0.3, 0.4) is 0 Å². The molecule has 0 aromatic heterocycles. The number of carbonyl (C=O) groups is 2. The fourth-order valence-electron chi connectivity index (χ4n) is 5.04. The van der Waals surface area contributed by atoms with Gasteiger partial charge in [0.1, 0.15) is 12.5 Å². The molecule has 10 nitrogen and oxygen atoms in total. The maximum atomic E-state index is 13.3. The molecule has 3 heterocycles. The lowest BCUT2D eigenvalue weighted by atomic mass is 9.71. The van der Waals surface area contributed by atoms with Crippen LogP contribution in [-0.2, 0) is 19.1 Å². The average molecular weight is 456 g/mol. The normalized spacial score (nSPS) is 26.2. The molecule has 0 amide bonds. The van der Waals surface area contributed by atoms with Gasteiger partial charge in [-0.25, -0.2) is 0 Å². The van der Waals surface area contributed by atoms with Crippen molar-refractivity contribution in [2.75, 3.05) is 20.0 Å². The number of ketones is 1. The van der Waals surface area contributed by atoms with E-state index >= 15 is 0 Å². The molecule has 1 fully saturated rings. The van der Waals surface area contributed by atoms with Gasteiger partial charge in [0.15, 0.2) is 17.3 Å². The fourth-order valence-corrected chi connectivity index (χ4v) is 5.04. The Bertz CT molecular complexity index is 1090. The van der Waals surface area contributed by atoms with Crippen molar-refractivity contribution in [1.29, 1.82) is 0 Å². The number of esters is 1. The van der Waals surface area contributed by atoms with Crippen LogP contribution in [0, 0.1) is 16.0 Å². The second-order valence-corrected chi connectivity index (χ2v) is 8.63. The van der Waals surface area contributed by atoms with E-state index < -0.39 is 22.7 Å². The lowest BCUT2D eigenvalue weighted by molar-refractivity contribution is -0.385. The van der Waals surface area contributed by atoms with Gasteiger partial charge >= 0.3 is 5.97 Å². The minimum absolute atomic E-state index is 0.0547. The third kappa shape index (κ3) is 3.88. The monoisotopic (exact) mass is 456 g/mol. The van der Waals surface area contributed by atoms with Crippen LogP contribution in [0.5, 0.6) is 11.5 Å². The van der Waals surface area contributed by atoms with E-state index in [0.29, 0.717) is 48.6 Å². The zero-order chi connectivity index (χ0) is 23.1. The van der Waals surface area contributed by atoms with E-state index in [-0.39, 0.29) is 42.3 Å². The van der Waals surface area contributed by atoms with Crippen molar-refractivity contribution in [2.24, 2.45) is 10.9 Å². The number of benzene rings is 1. The van der Waals surface area contributed by atoms with Crippen molar-refractivity contribution in [2.45, 2.75) is 51.0 Å². The van der Waals surface area contributed by atoms with Gasteiger partial charge in [0.05, 0.1) is 17.1 Å². The van der Waals surface area contributed by atoms with Crippen LogP contribution < -0.4 is 9.47 Å². The van der Waals surface area contributed by atoms with Crippen molar-refractivity contribution in [3.63, 3.8) is 0 Å². The molecule has 5 rings (SSSR count). The molecular weight excluding hydrogens is 432 g/mol. The number of hydrogen-bond acceptors (Lipinski definition) is 9. The summed E-state index contributed by atoms with van der Waals surface area (Å²) in [5, 5.41) is 12.0. The molecule has 1 aromatic rings. The van der Waals surface area contributed by atoms with Crippen molar-refractivity contribution in [1.82, 2.24) is 0 Å². The number of Topliss-reactive ketones (excluding diaryl/α,β-unsaturated/α-hetero) is 1. The SMILES string of the molecule is CC1=NC2=C(C(=O)CCC2)[C@H](c2cc3c(cc2[N+](=O)[O-])OCO3)C1C(=O)OC[C@@H]1CCCO1. The summed E-state index contributed by atoms with van der Waals surface area (Å²) in [7, 11) is 0. The molecule has 4 aliphatic rings. The minimum atomic E-state index is -0.966. The minimum Gasteiger partial charge on any atom is -0.462 e. The maximum Gasteiger partial charge on any atom is 0.315 e. The smallest absolute Gasteiger partial charge is 0.315 e. The molecule has 1 saturated heterocycles. The number of hydrogen-bond donors (Lipinski definition) is 0. The molecule has 33 heavy (non-hydrogen) atoms. The highest BCUT2D eigenvalue weighted by atomic mass is 16.7. The third-order valence-electron chi connectivity index (χ3n) is 6.58. The molecule has 3 atom stereocenters.